The van der Waals surface area contributed by atoms with Crippen molar-refractivity contribution in [2.24, 2.45) is 0 Å². The van der Waals surface area contributed by atoms with Crippen LogP contribution in [0.4, 0.5) is 0 Å². The second kappa shape index (κ2) is 4.18. The smallest absolute Gasteiger partial charge is 0.0525 e. The Bertz CT molecular complexity index is 515. The van der Waals surface area contributed by atoms with E-state index in [9.17, 15) is 0 Å². The highest BCUT2D eigenvalue weighted by Crippen LogP contribution is 2.18. The molecule has 0 aliphatic rings. The number of para-hydroxylation sites is 1. The number of fused-ring (bicyclic) bond motifs is 1. The zero-order chi connectivity index (χ0) is 10.7. The van der Waals surface area contributed by atoms with Gasteiger partial charge in [0.05, 0.1) is 5.52 Å². The van der Waals surface area contributed by atoms with Crippen LogP contribution in [0.25, 0.3) is 16.6 Å². The average Bonchev–Trinajstić information content (AvgIpc) is 2.69. The minimum atomic E-state index is 1.23. The molecule has 1 heteroatoms. The van der Waals surface area contributed by atoms with E-state index >= 15 is 0 Å². The van der Waals surface area contributed by atoms with Crippen molar-refractivity contribution in [1.29, 1.82) is 0 Å². The molecule has 2 rings (SSSR count). The van der Waals surface area contributed by atoms with E-state index in [4.69, 9.17) is 0 Å². The van der Waals surface area contributed by atoms with E-state index in [1.165, 1.54) is 16.6 Å². The Kier molecular flexibility index (Phi) is 2.72. The lowest BCUT2D eigenvalue weighted by Crippen LogP contribution is -1.89. The normalized spacial score (nSPS) is 12.8. The van der Waals surface area contributed by atoms with Crippen molar-refractivity contribution in [2.75, 3.05) is 0 Å². The molecule has 0 N–H and O–H groups in total. The molecule has 0 spiro atoms. The number of aromatic nitrogens is 1. The third-order valence-electron chi connectivity index (χ3n) is 2.51. The summed E-state index contributed by atoms with van der Waals surface area (Å²) in [6.45, 7) is 4.14. The molecular formula is C14H15N. The first-order chi connectivity index (χ1) is 7.33. The van der Waals surface area contributed by atoms with Crippen LogP contribution in [0.2, 0.25) is 0 Å². The molecule has 0 saturated carbocycles. The summed E-state index contributed by atoms with van der Waals surface area (Å²) < 4.78 is 2.20. The molecule has 0 amide bonds. The highest BCUT2D eigenvalue weighted by Gasteiger charge is 1.99. The molecule has 0 atom stereocenters. The first-order valence-corrected chi connectivity index (χ1v) is 5.19. The van der Waals surface area contributed by atoms with Gasteiger partial charge in [-0.25, -0.2) is 0 Å². The molecule has 15 heavy (non-hydrogen) atoms. The van der Waals surface area contributed by atoms with Gasteiger partial charge in [0, 0.05) is 11.9 Å². The molecule has 1 nitrogen and oxygen atoms in total. The monoisotopic (exact) mass is 197 g/mol. The fraction of sp³-hybridized carbons (Fsp3) is 0.143. The van der Waals surface area contributed by atoms with Crippen molar-refractivity contribution in [3.05, 3.63) is 54.8 Å². The number of hydrogen-bond acceptors (Lipinski definition) is 0. The van der Waals surface area contributed by atoms with Crippen LogP contribution in [0.15, 0.2) is 54.8 Å². The van der Waals surface area contributed by atoms with Crippen molar-refractivity contribution in [2.45, 2.75) is 13.8 Å². The Morgan fingerprint density at radius 2 is 2.00 bits per heavy atom. The third-order valence-corrected chi connectivity index (χ3v) is 2.51. The van der Waals surface area contributed by atoms with Gasteiger partial charge in [0.1, 0.15) is 0 Å². The van der Waals surface area contributed by atoms with Crippen LogP contribution in [0.3, 0.4) is 0 Å². The van der Waals surface area contributed by atoms with Gasteiger partial charge in [-0.05, 0) is 37.4 Å². The number of nitrogens with zero attached hydrogens (tertiary/aromatic N) is 1. The summed E-state index contributed by atoms with van der Waals surface area (Å²) >= 11 is 0. The van der Waals surface area contributed by atoms with Crippen LogP contribution in [0.5, 0.6) is 0 Å². The van der Waals surface area contributed by atoms with Crippen LogP contribution < -0.4 is 0 Å². The Morgan fingerprint density at radius 1 is 1.20 bits per heavy atom. The van der Waals surface area contributed by atoms with Crippen LogP contribution >= 0.6 is 0 Å². The van der Waals surface area contributed by atoms with Crippen molar-refractivity contribution in [3.8, 4) is 0 Å². The number of benzene rings is 1. The van der Waals surface area contributed by atoms with Crippen molar-refractivity contribution in [3.63, 3.8) is 0 Å². The highest BCUT2D eigenvalue weighted by molar-refractivity contribution is 5.83. The Hall–Kier alpha value is -1.76. The van der Waals surface area contributed by atoms with Gasteiger partial charge in [0.15, 0.2) is 0 Å². The van der Waals surface area contributed by atoms with E-state index in [1.54, 1.807) is 0 Å². The predicted octanol–water partition coefficient (Wildman–Crippen LogP) is 4.08. The maximum Gasteiger partial charge on any atom is 0.0525 e. The zero-order valence-corrected chi connectivity index (χ0v) is 9.14. The summed E-state index contributed by atoms with van der Waals surface area (Å²) in [5.74, 6) is 0. The summed E-state index contributed by atoms with van der Waals surface area (Å²) in [6.07, 6.45) is 8.33. The average molecular weight is 197 g/mol. The first-order valence-electron chi connectivity index (χ1n) is 5.19. The molecule has 76 valence electrons. The molecule has 0 aliphatic carbocycles. The second-order valence-corrected chi connectivity index (χ2v) is 3.58. The van der Waals surface area contributed by atoms with Crippen LogP contribution in [0, 0.1) is 0 Å². The number of hydrogen-bond donors (Lipinski definition) is 0. The van der Waals surface area contributed by atoms with E-state index in [2.05, 4.69) is 60.2 Å². The number of rotatable bonds is 2. The second-order valence-electron chi connectivity index (χ2n) is 3.58. The van der Waals surface area contributed by atoms with Gasteiger partial charge in [0.2, 0.25) is 0 Å². The van der Waals surface area contributed by atoms with Crippen molar-refractivity contribution in [1.82, 2.24) is 4.57 Å². The van der Waals surface area contributed by atoms with Gasteiger partial charge in [-0.1, -0.05) is 30.4 Å². The SMILES string of the molecule is C/C=C\C=C(/C)n1ccc2ccccc21. The van der Waals surface area contributed by atoms with Gasteiger partial charge in [-0.2, -0.15) is 0 Å². The quantitative estimate of drug-likeness (QED) is 0.639. The largest absolute Gasteiger partial charge is 0.321 e. The van der Waals surface area contributed by atoms with Crippen LogP contribution in [0.1, 0.15) is 13.8 Å². The maximum atomic E-state index is 2.20. The van der Waals surface area contributed by atoms with Crippen LogP contribution in [-0.2, 0) is 0 Å². The summed E-state index contributed by atoms with van der Waals surface area (Å²) in [4.78, 5) is 0. The summed E-state index contributed by atoms with van der Waals surface area (Å²) in [6, 6.07) is 10.6. The van der Waals surface area contributed by atoms with Gasteiger partial charge in [0.25, 0.3) is 0 Å². The van der Waals surface area contributed by atoms with Crippen molar-refractivity contribution < 1.29 is 0 Å². The third kappa shape index (κ3) is 1.86. The fourth-order valence-corrected chi connectivity index (χ4v) is 1.71. The lowest BCUT2D eigenvalue weighted by atomic mass is 10.2. The van der Waals surface area contributed by atoms with E-state index in [0.717, 1.165) is 0 Å². The molecule has 1 heterocycles. The Balaban J connectivity index is 2.52. The minimum absolute atomic E-state index is 1.23. The topological polar surface area (TPSA) is 4.93 Å². The molecule has 0 unspecified atom stereocenters. The summed E-state index contributed by atoms with van der Waals surface area (Å²) in [5.41, 5.74) is 2.49. The van der Waals surface area contributed by atoms with E-state index in [1.807, 2.05) is 13.0 Å². The highest BCUT2D eigenvalue weighted by atomic mass is 15.0. The molecule has 0 bridgehead atoms. The molecule has 0 saturated heterocycles. The van der Waals surface area contributed by atoms with Gasteiger partial charge in [-0.3, -0.25) is 0 Å². The lowest BCUT2D eigenvalue weighted by Gasteiger charge is -2.04. The minimum Gasteiger partial charge on any atom is -0.321 e. The predicted molar refractivity (Wildman–Crippen MR) is 66.7 cm³/mol. The molecule has 0 aliphatic heterocycles. The zero-order valence-electron chi connectivity index (χ0n) is 9.14. The lowest BCUT2D eigenvalue weighted by molar-refractivity contribution is 1.15. The Labute approximate surface area is 90.3 Å². The molecule has 0 radical (unpaired) electrons. The molecule has 1 aromatic heterocycles. The fourth-order valence-electron chi connectivity index (χ4n) is 1.71. The van der Waals surface area contributed by atoms with Crippen LogP contribution in [-0.4, -0.2) is 4.57 Å². The number of allylic oxidation sites excluding steroid dienone is 4. The molecule has 1 aromatic carbocycles. The van der Waals surface area contributed by atoms with Gasteiger partial charge < -0.3 is 4.57 Å². The molecule has 0 fully saturated rings. The summed E-state index contributed by atoms with van der Waals surface area (Å²) in [7, 11) is 0. The molecular weight excluding hydrogens is 182 g/mol. The Morgan fingerprint density at radius 3 is 2.80 bits per heavy atom. The van der Waals surface area contributed by atoms with Crippen molar-refractivity contribution >= 4 is 16.6 Å². The standard InChI is InChI=1S/C14H15N/c1-3-4-7-12(2)15-11-10-13-8-5-6-9-14(13)15/h3-11H,1-2H3/b4-3-,12-7+. The van der Waals surface area contributed by atoms with Gasteiger partial charge >= 0.3 is 0 Å². The maximum absolute atomic E-state index is 2.20. The van der Waals surface area contributed by atoms with E-state index < -0.39 is 0 Å². The van der Waals surface area contributed by atoms with E-state index in [-0.39, 0.29) is 0 Å². The first kappa shape index (κ1) is 9.78. The van der Waals surface area contributed by atoms with Gasteiger partial charge in [-0.15, -0.1) is 0 Å². The summed E-state index contributed by atoms with van der Waals surface area (Å²) in [5, 5.41) is 1.28. The molecule has 2 aromatic rings. The van der Waals surface area contributed by atoms with E-state index in [0.29, 0.717) is 0 Å².